The van der Waals surface area contributed by atoms with Crippen molar-refractivity contribution in [2.45, 2.75) is 0 Å². The molecule has 0 fully saturated rings. The minimum Gasteiger partial charge on any atom is -0.386 e. The molecule has 0 spiro atoms. The lowest BCUT2D eigenvalue weighted by Gasteiger charge is -2.06. The lowest BCUT2D eigenvalue weighted by molar-refractivity contribution is -0.384. The van der Waals surface area contributed by atoms with Gasteiger partial charge in [-0.2, -0.15) is 0 Å². The summed E-state index contributed by atoms with van der Waals surface area (Å²) in [4.78, 5) is 26.2. The van der Waals surface area contributed by atoms with Crippen LogP contribution in [0, 0.1) is 27.6 Å². The number of nitrogens with zero attached hydrogens (tertiary/aromatic N) is 2. The summed E-state index contributed by atoms with van der Waals surface area (Å²) in [5.74, 6) is -5.48. The van der Waals surface area contributed by atoms with Crippen LogP contribution in [0.4, 0.5) is 24.5 Å². The van der Waals surface area contributed by atoms with Crippen molar-refractivity contribution in [2.75, 3.05) is 11.9 Å². The lowest BCUT2D eigenvalue weighted by atomic mass is 10.2. The Bertz CT molecular complexity index is 843. The number of non-ortho nitro benzene ring substituents is 1. The quantitative estimate of drug-likeness (QED) is 0.374. The monoisotopic (exact) mass is 353 g/mol. The molecule has 130 valence electrons. The van der Waals surface area contributed by atoms with Crippen molar-refractivity contribution < 1.29 is 27.7 Å². The van der Waals surface area contributed by atoms with Crippen molar-refractivity contribution >= 4 is 23.5 Å². The van der Waals surface area contributed by atoms with Crippen LogP contribution >= 0.6 is 0 Å². The van der Waals surface area contributed by atoms with Crippen LogP contribution in [0.25, 0.3) is 0 Å². The normalized spacial score (nSPS) is 10.7. The number of carbonyl (C=O) groups excluding carboxylic acids is 1. The van der Waals surface area contributed by atoms with Gasteiger partial charge in [0.05, 0.1) is 16.8 Å². The number of halogens is 3. The van der Waals surface area contributed by atoms with E-state index in [-0.39, 0.29) is 5.69 Å². The zero-order chi connectivity index (χ0) is 18.4. The minimum absolute atomic E-state index is 0.143. The number of carbonyl (C=O) groups is 1. The number of benzene rings is 2. The molecule has 0 heterocycles. The summed E-state index contributed by atoms with van der Waals surface area (Å²) in [6, 6.07) is 7.02. The topological polar surface area (TPSA) is 93.8 Å². The van der Waals surface area contributed by atoms with E-state index in [2.05, 4.69) is 9.99 Å². The minimum atomic E-state index is -1.71. The molecule has 0 atom stereocenters. The van der Waals surface area contributed by atoms with Gasteiger partial charge in [0.25, 0.3) is 11.6 Å². The van der Waals surface area contributed by atoms with Crippen molar-refractivity contribution in [1.82, 2.24) is 0 Å². The molecule has 10 heteroatoms. The lowest BCUT2D eigenvalue weighted by Crippen LogP contribution is -2.18. The summed E-state index contributed by atoms with van der Waals surface area (Å²) in [5, 5.41) is 16.0. The summed E-state index contributed by atoms with van der Waals surface area (Å²) in [6.07, 6.45) is 1.14. The number of nitrogens with one attached hydrogen (secondary N) is 1. The highest BCUT2D eigenvalue weighted by Gasteiger charge is 2.15. The molecule has 0 aromatic heterocycles. The van der Waals surface area contributed by atoms with E-state index in [1.165, 1.54) is 24.3 Å². The highest BCUT2D eigenvalue weighted by atomic mass is 19.2. The van der Waals surface area contributed by atoms with Gasteiger partial charge in [-0.05, 0) is 12.1 Å². The molecule has 25 heavy (non-hydrogen) atoms. The van der Waals surface area contributed by atoms with E-state index >= 15 is 0 Å². The van der Waals surface area contributed by atoms with Crippen LogP contribution < -0.4 is 5.32 Å². The van der Waals surface area contributed by atoms with Gasteiger partial charge in [0, 0.05) is 17.7 Å². The Balaban J connectivity index is 1.89. The van der Waals surface area contributed by atoms with Gasteiger partial charge in [0.2, 0.25) is 0 Å². The van der Waals surface area contributed by atoms with Crippen LogP contribution in [0.1, 0.15) is 5.56 Å². The number of nitro benzene ring substituents is 1. The Labute approximate surface area is 138 Å². The standard InChI is InChI=1S/C15H10F3N3O4/c16-11-4-5-12(15(18)14(11)17)20-13(22)8-25-19-7-9-2-1-3-10(6-9)21(23)24/h1-7H,8H2,(H,20,22)/b19-7-. The van der Waals surface area contributed by atoms with Crippen LogP contribution in [0.2, 0.25) is 0 Å². The number of amides is 1. The second-order valence-corrected chi connectivity index (χ2v) is 4.63. The molecule has 0 bridgehead atoms. The van der Waals surface area contributed by atoms with Crippen LogP contribution in [0.3, 0.4) is 0 Å². The molecule has 0 aliphatic carbocycles. The fraction of sp³-hybridized carbons (Fsp3) is 0.0667. The van der Waals surface area contributed by atoms with Crippen LogP contribution in [-0.2, 0) is 9.63 Å². The molecule has 2 rings (SSSR count). The highest BCUT2D eigenvalue weighted by Crippen LogP contribution is 2.19. The Kier molecular flexibility index (Phi) is 5.66. The first-order valence-corrected chi connectivity index (χ1v) is 6.71. The van der Waals surface area contributed by atoms with Gasteiger partial charge in [-0.25, -0.2) is 13.2 Å². The van der Waals surface area contributed by atoms with E-state index < -0.39 is 40.6 Å². The molecule has 1 amide bonds. The van der Waals surface area contributed by atoms with E-state index in [9.17, 15) is 28.1 Å². The number of oxime groups is 1. The largest absolute Gasteiger partial charge is 0.386 e. The fourth-order valence-electron chi connectivity index (χ4n) is 1.72. The molecule has 0 radical (unpaired) electrons. The first-order chi connectivity index (χ1) is 11.9. The first kappa shape index (κ1) is 17.9. The third kappa shape index (κ3) is 4.77. The van der Waals surface area contributed by atoms with Crippen molar-refractivity contribution in [1.29, 1.82) is 0 Å². The smallest absolute Gasteiger partial charge is 0.270 e. The zero-order valence-electron chi connectivity index (χ0n) is 12.4. The van der Waals surface area contributed by atoms with Gasteiger partial charge in [0.15, 0.2) is 24.1 Å². The molecule has 1 N–H and O–H groups in total. The number of hydrogen-bond acceptors (Lipinski definition) is 5. The second kappa shape index (κ2) is 7.90. The molecule has 0 saturated heterocycles. The van der Waals surface area contributed by atoms with Crippen molar-refractivity contribution in [3.63, 3.8) is 0 Å². The average Bonchev–Trinajstić information content (AvgIpc) is 2.59. The second-order valence-electron chi connectivity index (χ2n) is 4.63. The summed E-state index contributed by atoms with van der Waals surface area (Å²) in [5.41, 5.74) is -0.327. The highest BCUT2D eigenvalue weighted by molar-refractivity contribution is 5.91. The SMILES string of the molecule is O=C(CO/N=C\c1cccc([N+](=O)[O-])c1)Nc1ccc(F)c(F)c1F. The van der Waals surface area contributed by atoms with E-state index in [0.717, 1.165) is 12.3 Å². The average molecular weight is 353 g/mol. The zero-order valence-corrected chi connectivity index (χ0v) is 12.4. The number of nitro groups is 1. The van der Waals surface area contributed by atoms with Crippen LogP contribution in [-0.4, -0.2) is 23.7 Å². The summed E-state index contributed by atoms with van der Waals surface area (Å²) in [7, 11) is 0. The van der Waals surface area contributed by atoms with Gasteiger partial charge in [-0.15, -0.1) is 0 Å². The third-order valence-electron chi connectivity index (χ3n) is 2.86. The number of hydrogen-bond donors (Lipinski definition) is 1. The Morgan fingerprint density at radius 3 is 2.72 bits per heavy atom. The van der Waals surface area contributed by atoms with Gasteiger partial charge in [0.1, 0.15) is 0 Å². The van der Waals surface area contributed by atoms with Crippen molar-refractivity contribution in [3.8, 4) is 0 Å². The van der Waals surface area contributed by atoms with Gasteiger partial charge >= 0.3 is 0 Å². The van der Waals surface area contributed by atoms with E-state index in [1.807, 2.05) is 5.32 Å². The van der Waals surface area contributed by atoms with Gasteiger partial charge < -0.3 is 10.2 Å². The molecule has 0 unspecified atom stereocenters. The molecule has 0 aliphatic rings. The predicted molar refractivity (Wildman–Crippen MR) is 81.6 cm³/mol. The maximum absolute atomic E-state index is 13.4. The molecular formula is C15H10F3N3O4. The molecule has 0 aliphatic heterocycles. The maximum Gasteiger partial charge on any atom is 0.270 e. The number of anilines is 1. The molecular weight excluding hydrogens is 343 g/mol. The van der Waals surface area contributed by atoms with Crippen molar-refractivity contribution in [3.05, 3.63) is 69.5 Å². The van der Waals surface area contributed by atoms with Gasteiger partial charge in [-0.3, -0.25) is 14.9 Å². The number of rotatable bonds is 6. The summed E-state index contributed by atoms with van der Waals surface area (Å²) >= 11 is 0. The van der Waals surface area contributed by atoms with Crippen molar-refractivity contribution in [2.24, 2.45) is 5.16 Å². The predicted octanol–water partition coefficient (Wildman–Crippen LogP) is 3.00. The van der Waals surface area contributed by atoms with E-state index in [4.69, 9.17) is 0 Å². The fourth-order valence-corrected chi connectivity index (χ4v) is 1.72. The van der Waals surface area contributed by atoms with Crippen LogP contribution in [0.5, 0.6) is 0 Å². The third-order valence-corrected chi connectivity index (χ3v) is 2.86. The summed E-state index contributed by atoms with van der Waals surface area (Å²) in [6.45, 7) is -0.635. The summed E-state index contributed by atoms with van der Waals surface area (Å²) < 4.78 is 39.2. The Morgan fingerprint density at radius 2 is 2.00 bits per heavy atom. The van der Waals surface area contributed by atoms with E-state index in [0.29, 0.717) is 11.6 Å². The molecule has 2 aromatic carbocycles. The molecule has 0 saturated carbocycles. The molecule has 2 aromatic rings. The molecule has 7 nitrogen and oxygen atoms in total. The maximum atomic E-state index is 13.4. The van der Waals surface area contributed by atoms with E-state index in [1.54, 1.807) is 0 Å². The van der Waals surface area contributed by atoms with Crippen LogP contribution in [0.15, 0.2) is 41.6 Å². The van der Waals surface area contributed by atoms with Gasteiger partial charge in [-0.1, -0.05) is 17.3 Å². The Hall–Kier alpha value is -3.43. The first-order valence-electron chi connectivity index (χ1n) is 6.71. The Morgan fingerprint density at radius 1 is 1.24 bits per heavy atom.